The Labute approximate surface area is 176 Å². The van der Waals surface area contributed by atoms with Gasteiger partial charge in [0.2, 0.25) is 0 Å². The molecule has 2 saturated carbocycles. The maximum atomic E-state index is 11.3. The number of nitrogen functional groups attached to an aromatic ring is 1. The van der Waals surface area contributed by atoms with Crippen LogP contribution in [0.15, 0.2) is 29.0 Å². The molecule has 29 heavy (non-hydrogen) atoms. The van der Waals surface area contributed by atoms with E-state index in [1.165, 1.54) is 12.8 Å². The highest BCUT2D eigenvalue weighted by molar-refractivity contribution is 9.10. The molecular weight excluding hydrogens is 434 g/mol. The molecule has 3 N–H and O–H groups in total. The minimum absolute atomic E-state index is 0.186. The Morgan fingerprint density at radius 3 is 2.45 bits per heavy atom. The first-order valence-corrected chi connectivity index (χ1v) is 10.8. The SMILES string of the molecule is Nc1c(Br)c(C2CCC(C(=O)O)CC2)nc2c(-c3ccc(C4CC4)nc3)cnn12. The Kier molecular flexibility index (Phi) is 4.53. The summed E-state index contributed by atoms with van der Waals surface area (Å²) in [5, 5.41) is 13.7. The number of aliphatic carboxylic acids is 1. The van der Waals surface area contributed by atoms with Crippen LogP contribution in [0.25, 0.3) is 16.8 Å². The number of fused-ring (bicyclic) bond motifs is 1. The van der Waals surface area contributed by atoms with Crippen molar-refractivity contribution in [3.63, 3.8) is 0 Å². The molecule has 3 heterocycles. The van der Waals surface area contributed by atoms with Crippen LogP contribution in [0, 0.1) is 5.92 Å². The fraction of sp³-hybridized carbons (Fsp3) is 0.429. The van der Waals surface area contributed by atoms with Crippen LogP contribution in [0.5, 0.6) is 0 Å². The van der Waals surface area contributed by atoms with Crippen LogP contribution in [0.4, 0.5) is 5.82 Å². The summed E-state index contributed by atoms with van der Waals surface area (Å²) in [6.07, 6.45) is 9.03. The number of carboxylic acid groups (broad SMARTS) is 1. The van der Waals surface area contributed by atoms with Crippen molar-refractivity contribution in [1.82, 2.24) is 19.6 Å². The van der Waals surface area contributed by atoms with Crippen molar-refractivity contribution in [1.29, 1.82) is 0 Å². The predicted molar refractivity (Wildman–Crippen MR) is 113 cm³/mol. The number of hydrogen-bond donors (Lipinski definition) is 2. The molecule has 150 valence electrons. The maximum absolute atomic E-state index is 11.3. The van der Waals surface area contributed by atoms with Crippen LogP contribution in [-0.4, -0.2) is 30.7 Å². The van der Waals surface area contributed by atoms with E-state index in [4.69, 9.17) is 10.7 Å². The average Bonchev–Trinajstić information content (AvgIpc) is 3.50. The van der Waals surface area contributed by atoms with Gasteiger partial charge in [0.15, 0.2) is 5.65 Å². The fourth-order valence-electron chi connectivity index (χ4n) is 4.29. The normalized spacial score (nSPS) is 22.1. The Morgan fingerprint density at radius 1 is 1.10 bits per heavy atom. The highest BCUT2D eigenvalue weighted by atomic mass is 79.9. The number of carbonyl (C=O) groups is 1. The second-order valence-electron chi connectivity index (χ2n) is 8.12. The molecule has 5 rings (SSSR count). The minimum Gasteiger partial charge on any atom is -0.481 e. The number of hydrogen-bond acceptors (Lipinski definition) is 5. The number of nitrogens with two attached hydrogens (primary N) is 1. The number of aromatic nitrogens is 4. The molecule has 8 heteroatoms. The summed E-state index contributed by atoms with van der Waals surface area (Å²) in [7, 11) is 0. The van der Waals surface area contributed by atoms with Crippen molar-refractivity contribution in [3.8, 4) is 11.1 Å². The lowest BCUT2D eigenvalue weighted by molar-refractivity contribution is -0.142. The molecule has 0 unspecified atom stereocenters. The van der Waals surface area contributed by atoms with Crippen LogP contribution in [0.2, 0.25) is 0 Å². The third-order valence-electron chi connectivity index (χ3n) is 6.20. The zero-order chi connectivity index (χ0) is 20.1. The van der Waals surface area contributed by atoms with Gasteiger partial charge in [0.25, 0.3) is 0 Å². The summed E-state index contributed by atoms with van der Waals surface area (Å²) in [6, 6.07) is 4.17. The molecule has 0 radical (unpaired) electrons. The van der Waals surface area contributed by atoms with E-state index in [1.807, 2.05) is 6.20 Å². The minimum atomic E-state index is -0.703. The molecule has 0 aliphatic heterocycles. The first-order valence-electron chi connectivity index (χ1n) is 10.0. The molecule has 2 aliphatic rings. The number of pyridine rings is 1. The van der Waals surface area contributed by atoms with Crippen molar-refractivity contribution in [2.75, 3.05) is 5.73 Å². The highest BCUT2D eigenvalue weighted by Gasteiger charge is 2.30. The van der Waals surface area contributed by atoms with E-state index in [-0.39, 0.29) is 11.8 Å². The Balaban J connectivity index is 1.52. The quantitative estimate of drug-likeness (QED) is 0.604. The van der Waals surface area contributed by atoms with Gasteiger partial charge in [0.05, 0.1) is 22.3 Å². The Hall–Kier alpha value is -2.48. The third kappa shape index (κ3) is 3.29. The van der Waals surface area contributed by atoms with Crippen molar-refractivity contribution < 1.29 is 9.90 Å². The van der Waals surface area contributed by atoms with Crippen LogP contribution in [0.1, 0.15) is 61.7 Å². The van der Waals surface area contributed by atoms with Gasteiger partial charge in [-0.2, -0.15) is 9.61 Å². The van der Waals surface area contributed by atoms with E-state index in [1.54, 1.807) is 10.7 Å². The Morgan fingerprint density at radius 2 is 1.83 bits per heavy atom. The lowest BCUT2D eigenvalue weighted by Gasteiger charge is -2.26. The monoisotopic (exact) mass is 455 g/mol. The number of anilines is 1. The molecule has 0 bridgehead atoms. The summed E-state index contributed by atoms with van der Waals surface area (Å²) in [5.41, 5.74) is 11.0. The van der Waals surface area contributed by atoms with E-state index in [2.05, 4.69) is 38.1 Å². The highest BCUT2D eigenvalue weighted by Crippen LogP contribution is 2.41. The first kappa shape index (κ1) is 18.5. The molecule has 0 saturated heterocycles. The molecule has 0 atom stereocenters. The molecule has 0 spiro atoms. The van der Waals surface area contributed by atoms with Crippen molar-refractivity contribution in [2.24, 2.45) is 5.92 Å². The van der Waals surface area contributed by atoms with E-state index in [0.29, 0.717) is 30.2 Å². The van der Waals surface area contributed by atoms with Crippen molar-refractivity contribution >= 4 is 33.4 Å². The summed E-state index contributed by atoms with van der Waals surface area (Å²) >= 11 is 3.60. The molecule has 0 aromatic carbocycles. The average molecular weight is 456 g/mol. The fourth-order valence-corrected chi connectivity index (χ4v) is 4.87. The maximum Gasteiger partial charge on any atom is 0.306 e. The number of carboxylic acids is 1. The molecule has 7 nitrogen and oxygen atoms in total. The summed E-state index contributed by atoms with van der Waals surface area (Å²) in [5.74, 6) is 0.355. The van der Waals surface area contributed by atoms with E-state index in [9.17, 15) is 9.90 Å². The van der Waals surface area contributed by atoms with Gasteiger partial charge in [-0.25, -0.2) is 4.98 Å². The summed E-state index contributed by atoms with van der Waals surface area (Å²) in [6.45, 7) is 0. The van der Waals surface area contributed by atoms with Crippen LogP contribution in [0.3, 0.4) is 0 Å². The van der Waals surface area contributed by atoms with Gasteiger partial charge in [-0.1, -0.05) is 6.07 Å². The van der Waals surface area contributed by atoms with E-state index < -0.39 is 5.97 Å². The van der Waals surface area contributed by atoms with E-state index in [0.717, 1.165) is 39.8 Å². The molecule has 0 amide bonds. The van der Waals surface area contributed by atoms with Gasteiger partial charge in [-0.3, -0.25) is 9.78 Å². The Bertz CT molecular complexity index is 1080. The van der Waals surface area contributed by atoms with Crippen molar-refractivity contribution in [2.45, 2.75) is 50.4 Å². The largest absolute Gasteiger partial charge is 0.481 e. The van der Waals surface area contributed by atoms with Gasteiger partial charge in [-0.05, 0) is 60.5 Å². The molecule has 3 aromatic heterocycles. The number of nitrogens with zero attached hydrogens (tertiary/aromatic N) is 4. The van der Waals surface area contributed by atoms with Crippen LogP contribution in [-0.2, 0) is 4.79 Å². The van der Waals surface area contributed by atoms with Crippen LogP contribution >= 0.6 is 15.9 Å². The van der Waals surface area contributed by atoms with Gasteiger partial charge in [0, 0.05) is 34.9 Å². The lowest BCUT2D eigenvalue weighted by atomic mass is 9.80. The zero-order valence-corrected chi connectivity index (χ0v) is 17.5. The van der Waals surface area contributed by atoms with Gasteiger partial charge in [0.1, 0.15) is 5.82 Å². The summed E-state index contributed by atoms with van der Waals surface area (Å²) in [4.78, 5) is 20.8. The number of halogens is 1. The van der Waals surface area contributed by atoms with Gasteiger partial charge < -0.3 is 10.8 Å². The lowest BCUT2D eigenvalue weighted by Crippen LogP contribution is -2.21. The van der Waals surface area contributed by atoms with E-state index >= 15 is 0 Å². The standard InChI is InChI=1S/C21H22BrN5O2/c22-17-18(12-3-5-13(6-4-12)21(28)29)26-20-15(10-25-27(20)19(17)23)14-7-8-16(24-9-14)11-1-2-11/h7-13H,1-6,23H2,(H,28,29). The number of rotatable bonds is 4. The third-order valence-corrected chi connectivity index (χ3v) is 7.02. The molecular formula is C21H22BrN5O2. The predicted octanol–water partition coefficient (Wildman–Crippen LogP) is 4.37. The van der Waals surface area contributed by atoms with Gasteiger partial charge in [-0.15, -0.1) is 0 Å². The van der Waals surface area contributed by atoms with Crippen molar-refractivity contribution in [3.05, 3.63) is 40.4 Å². The first-order chi connectivity index (χ1) is 14.0. The molecule has 3 aromatic rings. The topological polar surface area (TPSA) is 106 Å². The summed E-state index contributed by atoms with van der Waals surface area (Å²) < 4.78 is 2.40. The second kappa shape index (κ2) is 7.09. The van der Waals surface area contributed by atoms with Gasteiger partial charge >= 0.3 is 5.97 Å². The smallest absolute Gasteiger partial charge is 0.306 e. The molecule has 2 aliphatic carbocycles. The second-order valence-corrected chi connectivity index (χ2v) is 8.92. The molecule has 2 fully saturated rings. The zero-order valence-electron chi connectivity index (χ0n) is 15.9. The van der Waals surface area contributed by atoms with Crippen LogP contribution < -0.4 is 5.73 Å².